The maximum Gasteiger partial charge on any atom is 0.261 e. The van der Waals surface area contributed by atoms with Gasteiger partial charge in [0, 0.05) is 24.3 Å². The number of piperidine rings is 1. The first kappa shape index (κ1) is 21.3. The lowest BCUT2D eigenvalue weighted by molar-refractivity contribution is 0.102. The van der Waals surface area contributed by atoms with Crippen molar-refractivity contribution in [3.63, 3.8) is 0 Å². The number of aromatic nitrogens is 1. The molecule has 4 rings (SSSR count). The highest BCUT2D eigenvalue weighted by Gasteiger charge is 2.27. The molecule has 0 bridgehead atoms. The fourth-order valence-corrected chi connectivity index (χ4v) is 5.31. The second-order valence-electron chi connectivity index (χ2n) is 7.72. The Hall–Kier alpha value is -2.97. The fraction of sp³-hybridized carbons (Fsp3) is 0.304. The number of carbonyl (C=O) groups excluding carboxylic acids is 1. The summed E-state index contributed by atoms with van der Waals surface area (Å²) in [6.07, 6.45) is 2.77. The van der Waals surface area contributed by atoms with Gasteiger partial charge in [0.25, 0.3) is 5.91 Å². The van der Waals surface area contributed by atoms with Crippen LogP contribution in [0.5, 0.6) is 0 Å². The summed E-state index contributed by atoms with van der Waals surface area (Å²) in [7, 11) is -3.60. The molecule has 31 heavy (non-hydrogen) atoms. The van der Waals surface area contributed by atoms with Crippen LogP contribution in [-0.2, 0) is 10.0 Å². The summed E-state index contributed by atoms with van der Waals surface area (Å²) < 4.78 is 32.9. The number of nitrogens with zero attached hydrogens (tertiary/aromatic N) is 2. The van der Waals surface area contributed by atoms with Crippen LogP contribution in [0.1, 0.15) is 40.9 Å². The first-order valence-electron chi connectivity index (χ1n) is 10.3. The summed E-state index contributed by atoms with van der Waals surface area (Å²) >= 11 is 0. The van der Waals surface area contributed by atoms with E-state index < -0.39 is 15.9 Å². The summed E-state index contributed by atoms with van der Waals surface area (Å²) in [5.74, 6) is -0.000627. The molecule has 0 spiro atoms. The fourth-order valence-electron chi connectivity index (χ4n) is 3.77. The number of nitrogens with one attached hydrogen (secondary N) is 1. The van der Waals surface area contributed by atoms with Crippen LogP contribution in [0.25, 0.3) is 11.3 Å². The largest absolute Gasteiger partial charge is 0.360 e. The number of carbonyl (C=O) groups is 1. The van der Waals surface area contributed by atoms with Crippen molar-refractivity contribution in [1.29, 1.82) is 0 Å². The van der Waals surface area contributed by atoms with E-state index in [0.717, 1.165) is 30.4 Å². The van der Waals surface area contributed by atoms with Gasteiger partial charge in [0.05, 0.1) is 4.90 Å². The number of anilines is 1. The number of rotatable bonds is 5. The summed E-state index contributed by atoms with van der Waals surface area (Å²) in [5, 5.41) is 6.91. The number of hydrogen-bond donors (Lipinski definition) is 1. The van der Waals surface area contributed by atoms with Crippen molar-refractivity contribution in [2.45, 2.75) is 38.0 Å². The van der Waals surface area contributed by atoms with Gasteiger partial charge in [0.15, 0.2) is 0 Å². The van der Waals surface area contributed by atoms with E-state index in [9.17, 15) is 13.2 Å². The van der Waals surface area contributed by atoms with Crippen molar-refractivity contribution in [2.75, 3.05) is 18.4 Å². The van der Waals surface area contributed by atoms with Crippen molar-refractivity contribution in [2.24, 2.45) is 0 Å². The molecule has 1 aliphatic heterocycles. The molecule has 0 aliphatic carbocycles. The quantitative estimate of drug-likeness (QED) is 0.637. The zero-order chi connectivity index (χ0) is 22.0. The highest BCUT2D eigenvalue weighted by Crippen LogP contribution is 2.28. The molecule has 2 aromatic carbocycles. The standard InChI is InChI=1S/C23H25N3O4S/c1-16-11-12-19(31(28,29)26-13-7-4-8-14-26)15-20(16)24-23(27)21-17(2)30-25-22(21)18-9-5-3-6-10-18/h3,5-6,9-12,15H,4,7-8,13-14H2,1-2H3,(H,24,27). The van der Waals surface area contributed by atoms with Gasteiger partial charge in [0.1, 0.15) is 17.0 Å². The van der Waals surface area contributed by atoms with Crippen molar-refractivity contribution in [1.82, 2.24) is 9.46 Å². The molecule has 2 heterocycles. The zero-order valence-electron chi connectivity index (χ0n) is 17.6. The average Bonchev–Trinajstić information content (AvgIpc) is 3.18. The molecule has 1 aromatic heterocycles. The summed E-state index contributed by atoms with van der Waals surface area (Å²) in [4.78, 5) is 13.3. The van der Waals surface area contributed by atoms with Gasteiger partial charge in [-0.1, -0.05) is 48.0 Å². The van der Waals surface area contributed by atoms with Crippen LogP contribution in [0, 0.1) is 13.8 Å². The Bertz CT molecular complexity index is 1200. The first-order chi connectivity index (χ1) is 14.9. The van der Waals surface area contributed by atoms with Gasteiger partial charge in [-0.3, -0.25) is 4.79 Å². The average molecular weight is 440 g/mol. The summed E-state index contributed by atoms with van der Waals surface area (Å²) in [6.45, 7) is 4.56. The van der Waals surface area contributed by atoms with Crippen molar-refractivity contribution >= 4 is 21.6 Å². The predicted octanol–water partition coefficient (Wildman–Crippen LogP) is 4.39. The molecule has 1 amide bonds. The topological polar surface area (TPSA) is 92.5 Å². The normalized spacial score (nSPS) is 15.0. The maximum atomic E-state index is 13.1. The third kappa shape index (κ3) is 4.26. The lowest BCUT2D eigenvalue weighted by Crippen LogP contribution is -2.35. The van der Waals surface area contributed by atoms with Gasteiger partial charge < -0.3 is 9.84 Å². The van der Waals surface area contributed by atoms with Crippen LogP contribution in [0.15, 0.2) is 57.9 Å². The molecule has 0 atom stereocenters. The molecular weight excluding hydrogens is 414 g/mol. The molecular formula is C23H25N3O4S. The second kappa shape index (κ2) is 8.64. The Labute approximate surface area is 182 Å². The molecule has 0 saturated carbocycles. The third-order valence-electron chi connectivity index (χ3n) is 5.55. The van der Waals surface area contributed by atoms with E-state index in [-0.39, 0.29) is 4.90 Å². The van der Waals surface area contributed by atoms with Crippen LogP contribution >= 0.6 is 0 Å². The van der Waals surface area contributed by atoms with Crippen LogP contribution in [-0.4, -0.2) is 36.9 Å². The SMILES string of the molecule is Cc1ccc(S(=O)(=O)N2CCCCC2)cc1NC(=O)c1c(-c2ccccc2)noc1C. The second-order valence-corrected chi connectivity index (χ2v) is 9.66. The third-order valence-corrected chi connectivity index (χ3v) is 7.44. The number of sulfonamides is 1. The molecule has 7 nitrogen and oxygen atoms in total. The Morgan fingerprint density at radius 3 is 2.45 bits per heavy atom. The first-order valence-corrected chi connectivity index (χ1v) is 11.8. The Kier molecular flexibility index (Phi) is 5.93. The van der Waals surface area contributed by atoms with Crippen molar-refractivity contribution < 1.29 is 17.7 Å². The molecule has 8 heteroatoms. The van der Waals surface area contributed by atoms with Gasteiger partial charge in [-0.2, -0.15) is 4.31 Å². The zero-order valence-corrected chi connectivity index (χ0v) is 18.4. The van der Waals surface area contributed by atoms with E-state index in [4.69, 9.17) is 4.52 Å². The molecule has 3 aromatic rings. The number of hydrogen-bond acceptors (Lipinski definition) is 5. The van der Waals surface area contributed by atoms with Gasteiger partial charge in [-0.05, 0) is 44.4 Å². The molecule has 0 unspecified atom stereocenters. The number of benzene rings is 2. The Morgan fingerprint density at radius 1 is 1.03 bits per heavy atom. The van der Waals surface area contributed by atoms with Gasteiger partial charge in [0.2, 0.25) is 10.0 Å². The smallest absolute Gasteiger partial charge is 0.261 e. The minimum absolute atomic E-state index is 0.181. The van der Waals surface area contributed by atoms with E-state index in [2.05, 4.69) is 10.5 Å². The monoisotopic (exact) mass is 439 g/mol. The highest BCUT2D eigenvalue weighted by molar-refractivity contribution is 7.89. The Balaban J connectivity index is 1.64. The molecule has 162 valence electrons. The van der Waals surface area contributed by atoms with E-state index in [1.165, 1.54) is 10.4 Å². The van der Waals surface area contributed by atoms with Gasteiger partial charge in [-0.15, -0.1) is 0 Å². The number of amides is 1. The molecule has 1 saturated heterocycles. The lowest BCUT2D eigenvalue weighted by atomic mass is 10.1. The molecule has 1 N–H and O–H groups in total. The van der Waals surface area contributed by atoms with E-state index in [0.29, 0.717) is 35.8 Å². The van der Waals surface area contributed by atoms with Crippen LogP contribution in [0.3, 0.4) is 0 Å². The Morgan fingerprint density at radius 2 is 1.74 bits per heavy atom. The van der Waals surface area contributed by atoms with Crippen LogP contribution in [0.4, 0.5) is 5.69 Å². The van der Waals surface area contributed by atoms with Crippen LogP contribution in [0.2, 0.25) is 0 Å². The van der Waals surface area contributed by atoms with E-state index >= 15 is 0 Å². The number of aryl methyl sites for hydroxylation is 2. The minimum Gasteiger partial charge on any atom is -0.360 e. The van der Waals surface area contributed by atoms with Crippen molar-refractivity contribution in [3.8, 4) is 11.3 Å². The highest BCUT2D eigenvalue weighted by atomic mass is 32.2. The predicted molar refractivity (Wildman–Crippen MR) is 118 cm³/mol. The molecule has 0 radical (unpaired) electrons. The summed E-state index contributed by atoms with van der Waals surface area (Å²) in [6, 6.07) is 14.1. The van der Waals surface area contributed by atoms with E-state index in [1.54, 1.807) is 19.1 Å². The maximum absolute atomic E-state index is 13.1. The van der Waals surface area contributed by atoms with Gasteiger partial charge in [-0.25, -0.2) is 8.42 Å². The lowest BCUT2D eigenvalue weighted by Gasteiger charge is -2.26. The molecule has 1 fully saturated rings. The minimum atomic E-state index is -3.60. The van der Waals surface area contributed by atoms with E-state index in [1.807, 2.05) is 37.3 Å². The van der Waals surface area contributed by atoms with Gasteiger partial charge >= 0.3 is 0 Å². The molecule has 1 aliphatic rings. The summed E-state index contributed by atoms with van der Waals surface area (Å²) in [5.41, 5.74) is 2.76. The van der Waals surface area contributed by atoms with Crippen molar-refractivity contribution in [3.05, 3.63) is 65.4 Å². The van der Waals surface area contributed by atoms with Crippen LogP contribution < -0.4 is 5.32 Å².